The van der Waals surface area contributed by atoms with Gasteiger partial charge in [-0.3, -0.25) is 14.2 Å². The van der Waals surface area contributed by atoms with Crippen molar-refractivity contribution in [3.8, 4) is 5.75 Å². The Hall–Kier alpha value is -3.93. The van der Waals surface area contributed by atoms with Gasteiger partial charge in [0.25, 0.3) is 0 Å². The maximum absolute atomic E-state index is 12.7. The van der Waals surface area contributed by atoms with Crippen LogP contribution in [0.25, 0.3) is 11.1 Å². The lowest BCUT2D eigenvalue weighted by atomic mass is 10.0. The average molecular weight is 387 g/mol. The van der Waals surface area contributed by atoms with Crippen LogP contribution in [0, 0.1) is 0 Å². The van der Waals surface area contributed by atoms with E-state index in [2.05, 4.69) is 0 Å². The maximum Gasteiger partial charge on any atom is 0.420 e. The van der Waals surface area contributed by atoms with Crippen molar-refractivity contribution in [3.05, 3.63) is 100 Å². The fourth-order valence-corrected chi connectivity index (χ4v) is 3.13. The normalized spacial score (nSPS) is 10.8. The highest BCUT2D eigenvalue weighted by Crippen LogP contribution is 2.20. The van der Waals surface area contributed by atoms with E-state index in [1.54, 1.807) is 67.8 Å². The summed E-state index contributed by atoms with van der Waals surface area (Å²) in [4.78, 5) is 37.4. The highest BCUT2D eigenvalue weighted by molar-refractivity contribution is 6.10. The number of hydrogen-bond donors (Lipinski definition) is 0. The molecule has 6 heteroatoms. The van der Waals surface area contributed by atoms with E-state index in [1.807, 2.05) is 6.07 Å². The van der Waals surface area contributed by atoms with E-state index in [9.17, 15) is 14.4 Å². The zero-order valence-electron chi connectivity index (χ0n) is 15.6. The van der Waals surface area contributed by atoms with Crippen LogP contribution in [-0.2, 0) is 6.54 Å². The van der Waals surface area contributed by atoms with E-state index in [0.717, 1.165) is 0 Å². The van der Waals surface area contributed by atoms with Crippen LogP contribution in [-0.4, -0.2) is 23.2 Å². The summed E-state index contributed by atoms with van der Waals surface area (Å²) in [5.41, 5.74) is 2.12. The molecule has 0 N–H and O–H groups in total. The second kappa shape index (κ2) is 7.59. The summed E-state index contributed by atoms with van der Waals surface area (Å²) < 4.78 is 11.7. The molecule has 6 nitrogen and oxygen atoms in total. The topological polar surface area (TPSA) is 78.5 Å². The molecule has 29 heavy (non-hydrogen) atoms. The molecule has 0 atom stereocenters. The lowest BCUT2D eigenvalue weighted by Crippen LogP contribution is -2.20. The second-order valence-corrected chi connectivity index (χ2v) is 6.48. The van der Waals surface area contributed by atoms with Gasteiger partial charge in [-0.05, 0) is 42.5 Å². The number of fused-ring (bicyclic) bond motifs is 1. The molecule has 144 valence electrons. The van der Waals surface area contributed by atoms with E-state index in [1.165, 1.54) is 10.6 Å². The van der Waals surface area contributed by atoms with Crippen LogP contribution in [0.3, 0.4) is 0 Å². The first kappa shape index (κ1) is 18.4. The molecule has 0 bridgehead atoms. The Morgan fingerprint density at radius 1 is 0.897 bits per heavy atom. The van der Waals surface area contributed by atoms with Gasteiger partial charge < -0.3 is 9.15 Å². The van der Waals surface area contributed by atoms with Gasteiger partial charge in [-0.1, -0.05) is 30.3 Å². The van der Waals surface area contributed by atoms with E-state index in [-0.39, 0.29) is 23.7 Å². The molecule has 0 fully saturated rings. The third kappa shape index (κ3) is 3.60. The molecule has 0 saturated carbocycles. The zero-order chi connectivity index (χ0) is 20.4. The number of ketones is 2. The minimum Gasteiger partial charge on any atom is -0.497 e. The van der Waals surface area contributed by atoms with Gasteiger partial charge in [0.05, 0.1) is 19.2 Å². The SMILES string of the molecule is COc1ccc(C(=O)c2ccc3c(c2)oc(=O)n3CC(=O)c2ccccc2)cc1. The number of benzene rings is 3. The van der Waals surface area contributed by atoms with Crippen LogP contribution in [0.4, 0.5) is 0 Å². The minimum absolute atomic E-state index is 0.137. The summed E-state index contributed by atoms with van der Waals surface area (Å²) in [6.07, 6.45) is 0. The molecule has 0 spiro atoms. The molecular weight excluding hydrogens is 370 g/mol. The molecule has 1 heterocycles. The van der Waals surface area contributed by atoms with E-state index in [4.69, 9.17) is 9.15 Å². The number of methoxy groups -OCH3 is 1. The fraction of sp³-hybridized carbons (Fsp3) is 0.0870. The van der Waals surface area contributed by atoms with Gasteiger partial charge in [-0.2, -0.15) is 0 Å². The van der Waals surface area contributed by atoms with Gasteiger partial charge in [0, 0.05) is 16.7 Å². The molecule has 0 unspecified atom stereocenters. The van der Waals surface area contributed by atoms with Crippen molar-refractivity contribution in [2.24, 2.45) is 0 Å². The third-order valence-electron chi connectivity index (χ3n) is 4.68. The first-order valence-corrected chi connectivity index (χ1v) is 8.97. The van der Waals surface area contributed by atoms with Crippen molar-refractivity contribution in [2.45, 2.75) is 6.54 Å². The first-order valence-electron chi connectivity index (χ1n) is 8.97. The summed E-state index contributed by atoms with van der Waals surface area (Å²) in [6, 6.07) is 20.3. The summed E-state index contributed by atoms with van der Waals surface area (Å²) in [7, 11) is 1.56. The van der Waals surface area contributed by atoms with Crippen LogP contribution in [0.2, 0.25) is 0 Å². The number of hydrogen-bond acceptors (Lipinski definition) is 5. The Kier molecular flexibility index (Phi) is 4.83. The Morgan fingerprint density at radius 3 is 2.28 bits per heavy atom. The fourth-order valence-electron chi connectivity index (χ4n) is 3.13. The second-order valence-electron chi connectivity index (χ2n) is 6.48. The number of carbonyl (C=O) groups is 2. The maximum atomic E-state index is 12.7. The highest BCUT2D eigenvalue weighted by Gasteiger charge is 2.17. The predicted octanol–water partition coefficient (Wildman–Crippen LogP) is 3.72. The van der Waals surface area contributed by atoms with Gasteiger partial charge in [-0.15, -0.1) is 0 Å². The van der Waals surface area contributed by atoms with Crippen molar-refractivity contribution in [2.75, 3.05) is 7.11 Å². The molecule has 1 aromatic heterocycles. The van der Waals surface area contributed by atoms with Crippen molar-refractivity contribution in [1.82, 2.24) is 4.57 Å². The third-order valence-corrected chi connectivity index (χ3v) is 4.68. The number of aromatic nitrogens is 1. The Labute approximate surface area is 166 Å². The molecule has 0 radical (unpaired) electrons. The lowest BCUT2D eigenvalue weighted by Gasteiger charge is -2.04. The number of ether oxygens (including phenoxy) is 1. The largest absolute Gasteiger partial charge is 0.497 e. The standard InChI is InChI=1S/C23H17NO5/c1-28-18-10-7-16(8-11-18)22(26)17-9-12-19-21(13-17)29-23(27)24(19)14-20(25)15-5-3-2-4-6-15/h2-13H,14H2,1H3. The summed E-state index contributed by atoms with van der Waals surface area (Å²) in [5.74, 6) is -0.388. The molecule has 4 rings (SSSR count). The van der Waals surface area contributed by atoms with Gasteiger partial charge in [0.1, 0.15) is 5.75 Å². The lowest BCUT2D eigenvalue weighted by molar-refractivity contribution is 0.0969. The number of carbonyl (C=O) groups excluding carboxylic acids is 2. The number of rotatable bonds is 6. The smallest absolute Gasteiger partial charge is 0.420 e. The Balaban J connectivity index is 1.65. The molecule has 0 saturated heterocycles. The highest BCUT2D eigenvalue weighted by atomic mass is 16.5. The van der Waals surface area contributed by atoms with E-state index < -0.39 is 5.76 Å². The molecule has 0 aliphatic carbocycles. The monoisotopic (exact) mass is 387 g/mol. The quantitative estimate of drug-likeness (QED) is 0.471. The van der Waals surface area contributed by atoms with E-state index >= 15 is 0 Å². The van der Waals surface area contributed by atoms with Crippen LogP contribution >= 0.6 is 0 Å². The van der Waals surface area contributed by atoms with Crippen LogP contribution in [0.5, 0.6) is 5.75 Å². The molecule has 0 aliphatic rings. The van der Waals surface area contributed by atoms with Gasteiger partial charge >= 0.3 is 5.76 Å². The van der Waals surface area contributed by atoms with Gasteiger partial charge in [0.2, 0.25) is 0 Å². The summed E-state index contributed by atoms with van der Waals surface area (Å²) in [5, 5.41) is 0. The van der Waals surface area contributed by atoms with Gasteiger partial charge in [-0.25, -0.2) is 4.79 Å². The average Bonchev–Trinajstić information content (AvgIpc) is 3.08. The first-order chi connectivity index (χ1) is 14.1. The number of nitrogens with zero attached hydrogens (tertiary/aromatic N) is 1. The molecule has 0 amide bonds. The predicted molar refractivity (Wildman–Crippen MR) is 108 cm³/mol. The molecule has 3 aromatic carbocycles. The number of oxazole rings is 1. The van der Waals surface area contributed by atoms with Crippen LogP contribution < -0.4 is 10.5 Å². The zero-order valence-corrected chi connectivity index (χ0v) is 15.6. The van der Waals surface area contributed by atoms with Gasteiger partial charge in [0.15, 0.2) is 17.1 Å². The Bertz CT molecular complexity index is 1250. The van der Waals surface area contributed by atoms with Crippen molar-refractivity contribution in [1.29, 1.82) is 0 Å². The summed E-state index contributed by atoms with van der Waals surface area (Å²) in [6.45, 7) is -0.137. The summed E-state index contributed by atoms with van der Waals surface area (Å²) >= 11 is 0. The molecule has 0 aliphatic heterocycles. The van der Waals surface area contributed by atoms with E-state index in [0.29, 0.717) is 28.0 Å². The van der Waals surface area contributed by atoms with Crippen LogP contribution in [0.15, 0.2) is 82.0 Å². The van der Waals surface area contributed by atoms with Crippen molar-refractivity contribution < 1.29 is 18.7 Å². The van der Waals surface area contributed by atoms with Crippen molar-refractivity contribution in [3.63, 3.8) is 0 Å². The minimum atomic E-state index is -0.640. The molecular formula is C23H17NO5. The Morgan fingerprint density at radius 2 is 1.59 bits per heavy atom. The number of Topliss-reactive ketones (excluding diaryl/α,β-unsaturated/α-hetero) is 1. The van der Waals surface area contributed by atoms with Crippen LogP contribution in [0.1, 0.15) is 26.3 Å². The molecule has 4 aromatic rings. The van der Waals surface area contributed by atoms with Crippen molar-refractivity contribution >= 4 is 22.7 Å².